The van der Waals surface area contributed by atoms with Crippen LogP contribution in [-0.2, 0) is 0 Å². The van der Waals surface area contributed by atoms with Crippen molar-refractivity contribution in [2.24, 2.45) is 0 Å². The number of hydrogen-bond acceptors (Lipinski definition) is 3. The van der Waals surface area contributed by atoms with Crippen LogP contribution in [0.4, 0.5) is 5.69 Å². The second-order valence-corrected chi connectivity index (χ2v) is 5.01. The quantitative estimate of drug-likeness (QED) is 0.764. The average Bonchev–Trinajstić information content (AvgIpc) is 2.43. The maximum absolute atomic E-state index is 5.86. The first-order chi connectivity index (χ1) is 9.24. The number of ether oxygens (including phenoxy) is 1. The Bertz CT molecular complexity index is 723. The molecule has 3 nitrogen and oxygen atoms in total. The molecule has 19 heavy (non-hydrogen) atoms. The van der Waals surface area contributed by atoms with Crippen molar-refractivity contribution in [3.8, 4) is 11.5 Å². The van der Waals surface area contributed by atoms with Crippen LogP contribution in [0, 0.1) is 0 Å². The SMILES string of the molecule is Nc1cncc(Br)c1Oc1ccc2ccccc2c1. The number of rotatable bonds is 2. The third-order valence-corrected chi connectivity index (χ3v) is 3.39. The van der Waals surface area contributed by atoms with Crippen LogP contribution in [0.15, 0.2) is 59.3 Å². The summed E-state index contributed by atoms with van der Waals surface area (Å²) in [6.45, 7) is 0. The number of anilines is 1. The van der Waals surface area contributed by atoms with Crippen LogP contribution >= 0.6 is 15.9 Å². The van der Waals surface area contributed by atoms with E-state index in [1.54, 1.807) is 12.4 Å². The fraction of sp³-hybridized carbons (Fsp3) is 0. The largest absolute Gasteiger partial charge is 0.454 e. The molecule has 0 aliphatic carbocycles. The Morgan fingerprint density at radius 3 is 2.58 bits per heavy atom. The lowest BCUT2D eigenvalue weighted by Crippen LogP contribution is -1.94. The number of aromatic nitrogens is 1. The molecule has 0 radical (unpaired) electrons. The fourth-order valence-corrected chi connectivity index (χ4v) is 2.32. The van der Waals surface area contributed by atoms with Crippen molar-refractivity contribution in [2.75, 3.05) is 5.73 Å². The topological polar surface area (TPSA) is 48.1 Å². The molecule has 0 amide bonds. The molecule has 3 rings (SSSR count). The van der Waals surface area contributed by atoms with Gasteiger partial charge in [-0.1, -0.05) is 30.3 Å². The van der Waals surface area contributed by atoms with Gasteiger partial charge in [0, 0.05) is 6.20 Å². The summed E-state index contributed by atoms with van der Waals surface area (Å²) in [6, 6.07) is 14.1. The van der Waals surface area contributed by atoms with Gasteiger partial charge in [0.1, 0.15) is 5.75 Å². The number of halogens is 1. The number of nitrogen functional groups attached to an aromatic ring is 1. The Kier molecular flexibility index (Phi) is 3.09. The van der Waals surface area contributed by atoms with E-state index in [1.165, 1.54) is 5.39 Å². The van der Waals surface area contributed by atoms with Crippen LogP contribution in [0.5, 0.6) is 11.5 Å². The van der Waals surface area contributed by atoms with Crippen LogP contribution < -0.4 is 10.5 Å². The summed E-state index contributed by atoms with van der Waals surface area (Å²) in [4.78, 5) is 3.98. The Morgan fingerprint density at radius 2 is 1.79 bits per heavy atom. The third-order valence-electron chi connectivity index (χ3n) is 2.82. The number of benzene rings is 2. The minimum Gasteiger partial charge on any atom is -0.454 e. The molecule has 0 bridgehead atoms. The molecule has 0 atom stereocenters. The predicted octanol–water partition coefficient (Wildman–Crippen LogP) is 4.37. The van der Waals surface area contributed by atoms with E-state index in [0.29, 0.717) is 11.4 Å². The minimum absolute atomic E-state index is 0.502. The van der Waals surface area contributed by atoms with Crippen molar-refractivity contribution in [3.05, 3.63) is 59.3 Å². The lowest BCUT2D eigenvalue weighted by atomic mass is 10.1. The second-order valence-electron chi connectivity index (χ2n) is 4.15. The zero-order chi connectivity index (χ0) is 13.2. The van der Waals surface area contributed by atoms with E-state index >= 15 is 0 Å². The van der Waals surface area contributed by atoms with Crippen molar-refractivity contribution >= 4 is 32.4 Å². The van der Waals surface area contributed by atoms with Gasteiger partial charge < -0.3 is 10.5 Å². The zero-order valence-corrected chi connectivity index (χ0v) is 11.6. The van der Waals surface area contributed by atoms with Crippen LogP contribution in [0.25, 0.3) is 10.8 Å². The fourth-order valence-electron chi connectivity index (χ4n) is 1.89. The molecule has 94 valence electrons. The molecule has 0 fully saturated rings. The summed E-state index contributed by atoms with van der Waals surface area (Å²) in [5.41, 5.74) is 6.37. The third kappa shape index (κ3) is 2.39. The highest BCUT2D eigenvalue weighted by Crippen LogP contribution is 2.34. The van der Waals surface area contributed by atoms with Crippen LogP contribution in [0.2, 0.25) is 0 Å². The van der Waals surface area contributed by atoms with Gasteiger partial charge in [-0.25, -0.2) is 0 Å². The monoisotopic (exact) mass is 314 g/mol. The van der Waals surface area contributed by atoms with Gasteiger partial charge in [0.15, 0.2) is 5.75 Å². The zero-order valence-electron chi connectivity index (χ0n) is 10.0. The molecule has 3 aromatic rings. The van der Waals surface area contributed by atoms with Crippen molar-refractivity contribution in [2.45, 2.75) is 0 Å². The maximum Gasteiger partial charge on any atom is 0.167 e. The van der Waals surface area contributed by atoms with Crippen molar-refractivity contribution in [3.63, 3.8) is 0 Å². The van der Waals surface area contributed by atoms with Gasteiger partial charge in [-0.2, -0.15) is 0 Å². The van der Waals surface area contributed by atoms with E-state index in [1.807, 2.05) is 36.4 Å². The summed E-state index contributed by atoms with van der Waals surface area (Å²) >= 11 is 3.39. The molecule has 2 N–H and O–H groups in total. The summed E-state index contributed by atoms with van der Waals surface area (Å²) in [7, 11) is 0. The predicted molar refractivity (Wildman–Crippen MR) is 80.4 cm³/mol. The molecule has 0 saturated carbocycles. The first kappa shape index (κ1) is 12.0. The smallest absolute Gasteiger partial charge is 0.167 e. The number of pyridine rings is 1. The standard InChI is InChI=1S/C15H11BrN2O/c16-13-8-18-9-14(17)15(13)19-12-6-5-10-3-1-2-4-11(10)7-12/h1-9H,17H2. The van der Waals surface area contributed by atoms with Gasteiger partial charge in [0.2, 0.25) is 0 Å². The highest BCUT2D eigenvalue weighted by Gasteiger charge is 2.07. The van der Waals surface area contributed by atoms with E-state index in [0.717, 1.165) is 15.6 Å². The highest BCUT2D eigenvalue weighted by atomic mass is 79.9. The number of nitrogens with zero attached hydrogens (tertiary/aromatic N) is 1. The van der Waals surface area contributed by atoms with Crippen molar-refractivity contribution < 1.29 is 4.74 Å². The molecule has 2 aromatic carbocycles. The van der Waals surface area contributed by atoms with E-state index in [9.17, 15) is 0 Å². The van der Waals surface area contributed by atoms with E-state index < -0.39 is 0 Å². The van der Waals surface area contributed by atoms with Gasteiger partial charge in [0.05, 0.1) is 16.4 Å². The summed E-state index contributed by atoms with van der Waals surface area (Å²) in [5, 5.41) is 2.31. The van der Waals surface area contributed by atoms with Crippen LogP contribution in [0.1, 0.15) is 0 Å². The second kappa shape index (κ2) is 4.90. The minimum atomic E-state index is 0.502. The molecule has 0 aliphatic rings. The Balaban J connectivity index is 2.01. The van der Waals surface area contributed by atoms with E-state index in [2.05, 4.69) is 27.0 Å². The summed E-state index contributed by atoms with van der Waals surface area (Å²) in [6.07, 6.45) is 3.23. The lowest BCUT2D eigenvalue weighted by molar-refractivity contribution is 0.482. The van der Waals surface area contributed by atoms with Gasteiger partial charge in [-0.05, 0) is 38.8 Å². The number of hydrogen-bond donors (Lipinski definition) is 1. The molecule has 1 heterocycles. The Morgan fingerprint density at radius 1 is 1.00 bits per heavy atom. The van der Waals surface area contributed by atoms with Crippen molar-refractivity contribution in [1.82, 2.24) is 4.98 Å². The highest BCUT2D eigenvalue weighted by molar-refractivity contribution is 9.10. The van der Waals surface area contributed by atoms with E-state index in [4.69, 9.17) is 10.5 Å². The summed E-state index contributed by atoms with van der Waals surface area (Å²) in [5.74, 6) is 1.34. The van der Waals surface area contributed by atoms with Crippen LogP contribution in [0.3, 0.4) is 0 Å². The average molecular weight is 315 g/mol. The molecular formula is C15H11BrN2O. The Hall–Kier alpha value is -2.07. The maximum atomic E-state index is 5.86. The first-order valence-corrected chi connectivity index (χ1v) is 6.59. The van der Waals surface area contributed by atoms with Gasteiger partial charge >= 0.3 is 0 Å². The molecule has 1 aromatic heterocycles. The molecule has 0 spiro atoms. The van der Waals surface area contributed by atoms with Gasteiger partial charge in [-0.15, -0.1) is 0 Å². The number of fused-ring (bicyclic) bond motifs is 1. The van der Waals surface area contributed by atoms with Gasteiger partial charge in [-0.3, -0.25) is 4.98 Å². The Labute approximate surface area is 119 Å². The molecule has 0 unspecified atom stereocenters. The molecule has 0 aliphatic heterocycles. The molecule has 0 saturated heterocycles. The normalized spacial score (nSPS) is 10.6. The molecular weight excluding hydrogens is 304 g/mol. The lowest BCUT2D eigenvalue weighted by Gasteiger charge is -2.10. The van der Waals surface area contributed by atoms with Crippen LogP contribution in [-0.4, -0.2) is 4.98 Å². The molecule has 4 heteroatoms. The first-order valence-electron chi connectivity index (χ1n) is 5.80. The van der Waals surface area contributed by atoms with Crippen molar-refractivity contribution in [1.29, 1.82) is 0 Å². The van der Waals surface area contributed by atoms with Gasteiger partial charge in [0.25, 0.3) is 0 Å². The summed E-state index contributed by atoms with van der Waals surface area (Å²) < 4.78 is 6.57. The number of nitrogens with two attached hydrogens (primary N) is 1. The van der Waals surface area contributed by atoms with E-state index in [-0.39, 0.29) is 0 Å².